The third-order valence-electron chi connectivity index (χ3n) is 3.27. The molecule has 0 bridgehead atoms. The molecule has 0 aliphatic carbocycles. The van der Waals surface area contributed by atoms with Crippen LogP contribution in [0.2, 0.25) is 5.02 Å². The Morgan fingerprint density at radius 2 is 1.76 bits per heavy atom. The van der Waals surface area contributed by atoms with Crippen molar-refractivity contribution in [2.45, 2.75) is 13.0 Å². The van der Waals surface area contributed by atoms with Gasteiger partial charge in [-0.15, -0.1) is 0 Å². The molecule has 1 nitrogen and oxygen atoms in total. The second kappa shape index (κ2) is 6.38. The highest BCUT2D eigenvalue weighted by atomic mass is 79.9. The zero-order valence-electron chi connectivity index (χ0n) is 11.3. The van der Waals surface area contributed by atoms with Gasteiger partial charge in [0.25, 0.3) is 0 Å². The first-order chi connectivity index (χ1) is 9.88. The number of hydrogen-bond acceptors (Lipinski definition) is 1. The van der Waals surface area contributed by atoms with Crippen LogP contribution in [0.1, 0.15) is 22.7 Å². The van der Waals surface area contributed by atoms with Gasteiger partial charge in [-0.2, -0.15) is 0 Å². The first-order valence-corrected chi connectivity index (χ1v) is 7.30. The molecule has 2 rings (SSSR count). The molecule has 0 amide bonds. The molecule has 0 aromatic heterocycles. The molecule has 1 N–H and O–H groups in total. The topological polar surface area (TPSA) is 12.0 Å². The number of aryl methyl sites for hydroxylation is 1. The molecule has 0 saturated heterocycles. The van der Waals surface area contributed by atoms with Gasteiger partial charge in [0.1, 0.15) is 17.5 Å². The average Bonchev–Trinajstić information content (AvgIpc) is 2.46. The molecule has 2 aromatic carbocycles. The van der Waals surface area contributed by atoms with E-state index >= 15 is 0 Å². The Bertz CT molecular complexity index is 691. The van der Waals surface area contributed by atoms with Gasteiger partial charge in [-0.05, 0) is 47.6 Å². The van der Waals surface area contributed by atoms with Gasteiger partial charge in [0.05, 0.1) is 11.1 Å². The van der Waals surface area contributed by atoms with Gasteiger partial charge in [-0.1, -0.05) is 23.7 Å². The van der Waals surface area contributed by atoms with E-state index in [1.54, 1.807) is 0 Å². The molecule has 0 saturated carbocycles. The molecule has 0 spiro atoms. The maximum atomic E-state index is 14.3. The van der Waals surface area contributed by atoms with Gasteiger partial charge >= 0.3 is 0 Å². The molecule has 0 aliphatic heterocycles. The largest absolute Gasteiger partial charge is 0.309 e. The Balaban J connectivity index is 2.66. The molecule has 0 aliphatic rings. The van der Waals surface area contributed by atoms with Crippen LogP contribution in [0.15, 0.2) is 28.7 Å². The van der Waals surface area contributed by atoms with Gasteiger partial charge in [0.15, 0.2) is 0 Å². The van der Waals surface area contributed by atoms with Crippen molar-refractivity contribution in [3.05, 3.63) is 67.9 Å². The van der Waals surface area contributed by atoms with Crippen LogP contribution < -0.4 is 5.32 Å². The van der Waals surface area contributed by atoms with Crippen molar-refractivity contribution < 1.29 is 13.2 Å². The van der Waals surface area contributed by atoms with Gasteiger partial charge in [-0.3, -0.25) is 0 Å². The van der Waals surface area contributed by atoms with E-state index in [4.69, 9.17) is 11.6 Å². The fourth-order valence-electron chi connectivity index (χ4n) is 2.16. The van der Waals surface area contributed by atoms with Crippen molar-refractivity contribution in [3.8, 4) is 0 Å². The Morgan fingerprint density at radius 1 is 1.10 bits per heavy atom. The van der Waals surface area contributed by atoms with Crippen molar-refractivity contribution in [2.24, 2.45) is 0 Å². The highest BCUT2D eigenvalue weighted by molar-refractivity contribution is 9.10. The van der Waals surface area contributed by atoms with E-state index in [0.717, 1.165) is 6.07 Å². The number of nitrogens with one attached hydrogen (secondary N) is 1. The minimum absolute atomic E-state index is 0.0779. The van der Waals surface area contributed by atoms with Gasteiger partial charge in [-0.25, -0.2) is 13.2 Å². The fourth-order valence-corrected chi connectivity index (χ4v) is 2.64. The summed E-state index contributed by atoms with van der Waals surface area (Å²) >= 11 is 8.95. The Morgan fingerprint density at radius 3 is 2.38 bits per heavy atom. The highest BCUT2D eigenvalue weighted by Crippen LogP contribution is 2.35. The summed E-state index contributed by atoms with van der Waals surface area (Å²) in [5.41, 5.74) is 0.138. The van der Waals surface area contributed by atoms with Crippen LogP contribution >= 0.6 is 27.5 Å². The summed E-state index contributed by atoms with van der Waals surface area (Å²) in [6.45, 7) is 1.52. The zero-order valence-corrected chi connectivity index (χ0v) is 13.6. The standard InChI is InChI=1S/C15H12BrClF3N/c1-7-3-6-10(18)11(13(7)19)15(21-2)8-4-5-9(16)12(17)14(8)20/h3-6,15,21H,1-2H3. The van der Waals surface area contributed by atoms with Crippen LogP contribution in [-0.4, -0.2) is 7.05 Å². The van der Waals surface area contributed by atoms with Gasteiger partial charge < -0.3 is 5.32 Å². The van der Waals surface area contributed by atoms with Crippen molar-refractivity contribution >= 4 is 27.5 Å². The molecule has 2 aromatic rings. The summed E-state index contributed by atoms with van der Waals surface area (Å²) in [6.07, 6.45) is 0. The van der Waals surface area contributed by atoms with Crippen LogP contribution in [0.25, 0.3) is 0 Å². The molecule has 112 valence electrons. The summed E-state index contributed by atoms with van der Waals surface area (Å²) in [7, 11) is 1.50. The maximum Gasteiger partial charge on any atom is 0.148 e. The number of benzene rings is 2. The van der Waals surface area contributed by atoms with E-state index < -0.39 is 23.5 Å². The Kier molecular flexibility index (Phi) is 4.96. The summed E-state index contributed by atoms with van der Waals surface area (Å²) in [5.74, 6) is -2.16. The predicted octanol–water partition coefficient (Wildman–Crippen LogP) is 5.14. The first kappa shape index (κ1) is 16.3. The third-order valence-corrected chi connectivity index (χ3v) is 4.53. The lowest BCUT2D eigenvalue weighted by Gasteiger charge is -2.20. The Labute approximate surface area is 134 Å². The van der Waals surface area contributed by atoms with Crippen LogP contribution in [0.4, 0.5) is 13.2 Å². The van der Waals surface area contributed by atoms with Crippen molar-refractivity contribution in [1.29, 1.82) is 0 Å². The molecular formula is C15H12BrClF3N. The molecular weight excluding hydrogens is 367 g/mol. The second-order valence-electron chi connectivity index (χ2n) is 4.58. The van der Waals surface area contributed by atoms with E-state index in [2.05, 4.69) is 21.2 Å². The van der Waals surface area contributed by atoms with E-state index in [9.17, 15) is 13.2 Å². The molecule has 1 unspecified atom stereocenters. The van der Waals surface area contributed by atoms with Crippen LogP contribution in [0, 0.1) is 24.4 Å². The normalized spacial score (nSPS) is 12.5. The predicted molar refractivity (Wildman–Crippen MR) is 81.1 cm³/mol. The van der Waals surface area contributed by atoms with Crippen LogP contribution in [0.5, 0.6) is 0 Å². The number of rotatable bonds is 3. The van der Waals surface area contributed by atoms with Gasteiger partial charge in [0.2, 0.25) is 0 Å². The summed E-state index contributed by atoms with van der Waals surface area (Å²) in [6, 6.07) is 4.50. The third kappa shape index (κ3) is 2.96. The van der Waals surface area contributed by atoms with Crippen LogP contribution in [0.3, 0.4) is 0 Å². The smallest absolute Gasteiger partial charge is 0.148 e. The van der Waals surface area contributed by atoms with E-state index in [-0.39, 0.29) is 21.7 Å². The SMILES string of the molecule is CNC(c1ccc(Br)c(Cl)c1F)c1c(F)ccc(C)c1F. The first-order valence-electron chi connectivity index (χ1n) is 6.13. The number of halogens is 5. The second-order valence-corrected chi connectivity index (χ2v) is 5.81. The van der Waals surface area contributed by atoms with Gasteiger partial charge in [0, 0.05) is 15.6 Å². The lowest BCUT2D eigenvalue weighted by atomic mass is 9.95. The molecule has 21 heavy (non-hydrogen) atoms. The maximum absolute atomic E-state index is 14.3. The molecule has 1 atom stereocenters. The quantitative estimate of drug-likeness (QED) is 0.730. The summed E-state index contributed by atoms with van der Waals surface area (Å²) in [5, 5.41) is 2.61. The average molecular weight is 379 g/mol. The van der Waals surface area contributed by atoms with Crippen molar-refractivity contribution in [1.82, 2.24) is 5.32 Å². The number of hydrogen-bond donors (Lipinski definition) is 1. The molecule has 0 fully saturated rings. The summed E-state index contributed by atoms with van der Waals surface area (Å²) in [4.78, 5) is 0. The van der Waals surface area contributed by atoms with E-state index in [1.165, 1.54) is 32.2 Å². The van der Waals surface area contributed by atoms with E-state index in [1.807, 2.05) is 0 Å². The fraction of sp³-hybridized carbons (Fsp3) is 0.200. The summed E-state index contributed by atoms with van der Waals surface area (Å²) < 4.78 is 43.0. The molecule has 0 radical (unpaired) electrons. The molecule has 6 heteroatoms. The van der Waals surface area contributed by atoms with Crippen molar-refractivity contribution in [2.75, 3.05) is 7.05 Å². The molecule has 0 heterocycles. The highest BCUT2D eigenvalue weighted by Gasteiger charge is 2.25. The van der Waals surface area contributed by atoms with Crippen molar-refractivity contribution in [3.63, 3.8) is 0 Å². The minimum Gasteiger partial charge on any atom is -0.309 e. The lowest BCUT2D eigenvalue weighted by molar-refractivity contribution is 0.504. The van der Waals surface area contributed by atoms with E-state index in [0.29, 0.717) is 4.47 Å². The van der Waals surface area contributed by atoms with Crippen LogP contribution in [-0.2, 0) is 0 Å². The lowest BCUT2D eigenvalue weighted by Crippen LogP contribution is -2.22. The Hall–Kier alpha value is -1.04. The zero-order chi connectivity index (χ0) is 15.7. The monoisotopic (exact) mass is 377 g/mol. The minimum atomic E-state index is -0.976.